The van der Waals surface area contributed by atoms with E-state index in [9.17, 15) is 4.79 Å². The van der Waals surface area contributed by atoms with Crippen molar-refractivity contribution in [2.75, 3.05) is 20.3 Å². The van der Waals surface area contributed by atoms with Gasteiger partial charge < -0.3 is 9.47 Å². The van der Waals surface area contributed by atoms with Crippen LogP contribution in [0, 0.1) is 0 Å². The zero-order valence-electron chi connectivity index (χ0n) is 9.86. The van der Waals surface area contributed by atoms with Gasteiger partial charge in [-0.3, -0.25) is 4.79 Å². The summed E-state index contributed by atoms with van der Waals surface area (Å²) in [4.78, 5) is 11.7. The molecule has 0 unspecified atom stereocenters. The Kier molecular flexibility index (Phi) is 5.57. The average molecular weight is 222 g/mol. The summed E-state index contributed by atoms with van der Waals surface area (Å²) in [6.45, 7) is 2.88. The van der Waals surface area contributed by atoms with Crippen LogP contribution in [0.3, 0.4) is 0 Å². The molecule has 16 heavy (non-hydrogen) atoms. The van der Waals surface area contributed by atoms with Crippen molar-refractivity contribution in [3.63, 3.8) is 0 Å². The molecule has 0 heterocycles. The summed E-state index contributed by atoms with van der Waals surface area (Å²) in [5, 5.41) is 0. The fourth-order valence-electron chi connectivity index (χ4n) is 1.29. The van der Waals surface area contributed by atoms with E-state index < -0.39 is 0 Å². The number of hydrogen-bond acceptors (Lipinski definition) is 3. The van der Waals surface area contributed by atoms with E-state index in [1.807, 2.05) is 6.07 Å². The van der Waals surface area contributed by atoms with E-state index in [1.54, 1.807) is 25.3 Å². The van der Waals surface area contributed by atoms with Crippen LogP contribution in [0.5, 0.6) is 5.75 Å². The molecule has 0 spiro atoms. The third kappa shape index (κ3) is 4.03. The molecule has 3 heteroatoms. The van der Waals surface area contributed by atoms with Crippen molar-refractivity contribution in [1.82, 2.24) is 0 Å². The van der Waals surface area contributed by atoms with E-state index in [1.165, 1.54) is 0 Å². The molecule has 0 aliphatic heterocycles. The van der Waals surface area contributed by atoms with Crippen molar-refractivity contribution in [1.29, 1.82) is 0 Å². The molecule has 0 saturated carbocycles. The van der Waals surface area contributed by atoms with Crippen LogP contribution in [0.25, 0.3) is 0 Å². The maximum atomic E-state index is 11.7. The molecule has 0 bridgehead atoms. The van der Waals surface area contributed by atoms with Gasteiger partial charge in [0.2, 0.25) is 0 Å². The number of carbonyl (C=O) groups excluding carboxylic acids is 1. The summed E-state index contributed by atoms with van der Waals surface area (Å²) in [6, 6.07) is 7.12. The molecular formula is C13H18O3. The smallest absolute Gasteiger partial charge is 0.188 e. The van der Waals surface area contributed by atoms with Gasteiger partial charge in [0.05, 0.1) is 7.11 Å². The first-order chi connectivity index (χ1) is 7.77. The van der Waals surface area contributed by atoms with Crippen LogP contribution >= 0.6 is 0 Å². The zero-order valence-corrected chi connectivity index (χ0v) is 9.86. The summed E-state index contributed by atoms with van der Waals surface area (Å²) >= 11 is 0. The first kappa shape index (κ1) is 12.7. The highest BCUT2D eigenvalue weighted by Gasteiger charge is 2.06. The maximum Gasteiger partial charge on any atom is 0.188 e. The molecule has 3 nitrogen and oxygen atoms in total. The molecule has 0 saturated heterocycles. The summed E-state index contributed by atoms with van der Waals surface area (Å²) < 4.78 is 10.3. The highest BCUT2D eigenvalue weighted by Crippen LogP contribution is 2.13. The second kappa shape index (κ2) is 7.01. The minimum absolute atomic E-state index is 0.00463. The average Bonchev–Trinajstić information content (AvgIpc) is 2.34. The van der Waals surface area contributed by atoms with Crippen molar-refractivity contribution in [2.45, 2.75) is 19.8 Å². The number of hydrogen-bond donors (Lipinski definition) is 0. The highest BCUT2D eigenvalue weighted by molar-refractivity contribution is 5.97. The van der Waals surface area contributed by atoms with Gasteiger partial charge in [-0.1, -0.05) is 25.5 Å². The molecule has 1 aromatic carbocycles. The third-order valence-electron chi connectivity index (χ3n) is 2.27. The quantitative estimate of drug-likeness (QED) is 0.525. The first-order valence-electron chi connectivity index (χ1n) is 5.53. The minimum Gasteiger partial charge on any atom is -0.497 e. The molecule has 0 aromatic heterocycles. The fraction of sp³-hybridized carbons (Fsp3) is 0.462. The Morgan fingerprint density at radius 3 is 2.88 bits per heavy atom. The van der Waals surface area contributed by atoms with E-state index in [-0.39, 0.29) is 12.4 Å². The SMILES string of the molecule is CCCCOCC(=O)c1cccc(OC)c1. The van der Waals surface area contributed by atoms with Gasteiger partial charge in [-0.05, 0) is 18.6 Å². The number of carbonyl (C=O) groups is 1. The van der Waals surface area contributed by atoms with Crippen LogP contribution in [0.4, 0.5) is 0 Å². The van der Waals surface area contributed by atoms with E-state index >= 15 is 0 Å². The standard InChI is InChI=1S/C13H18O3/c1-3-4-8-16-10-13(14)11-6-5-7-12(9-11)15-2/h5-7,9H,3-4,8,10H2,1-2H3. The maximum absolute atomic E-state index is 11.7. The topological polar surface area (TPSA) is 35.5 Å². The molecule has 0 amide bonds. The van der Waals surface area contributed by atoms with Gasteiger partial charge in [-0.15, -0.1) is 0 Å². The molecule has 0 fully saturated rings. The zero-order chi connectivity index (χ0) is 11.8. The number of ether oxygens (including phenoxy) is 2. The van der Waals surface area contributed by atoms with Gasteiger partial charge in [0.1, 0.15) is 12.4 Å². The monoisotopic (exact) mass is 222 g/mol. The molecular weight excluding hydrogens is 204 g/mol. The van der Waals surface area contributed by atoms with Crippen LogP contribution in [-0.4, -0.2) is 26.1 Å². The Morgan fingerprint density at radius 2 is 2.19 bits per heavy atom. The number of ketones is 1. The molecule has 1 aromatic rings. The van der Waals surface area contributed by atoms with Crippen LogP contribution in [0.2, 0.25) is 0 Å². The lowest BCUT2D eigenvalue weighted by molar-refractivity contribution is 0.0754. The van der Waals surface area contributed by atoms with E-state index in [4.69, 9.17) is 9.47 Å². The number of benzene rings is 1. The third-order valence-corrected chi connectivity index (χ3v) is 2.27. The van der Waals surface area contributed by atoms with Crippen molar-refractivity contribution in [3.05, 3.63) is 29.8 Å². The fourth-order valence-corrected chi connectivity index (χ4v) is 1.29. The Labute approximate surface area is 96.4 Å². The Bertz CT molecular complexity index is 334. The van der Waals surface area contributed by atoms with Gasteiger partial charge in [0.25, 0.3) is 0 Å². The Hall–Kier alpha value is -1.35. The summed E-state index contributed by atoms with van der Waals surface area (Å²) in [7, 11) is 1.58. The molecule has 0 radical (unpaired) electrons. The van der Waals surface area contributed by atoms with Crippen LogP contribution in [0.15, 0.2) is 24.3 Å². The van der Waals surface area contributed by atoms with E-state index in [0.717, 1.165) is 12.8 Å². The largest absolute Gasteiger partial charge is 0.497 e. The van der Waals surface area contributed by atoms with Crippen molar-refractivity contribution in [2.24, 2.45) is 0 Å². The number of unbranched alkanes of at least 4 members (excludes halogenated alkanes) is 1. The van der Waals surface area contributed by atoms with Gasteiger partial charge in [-0.25, -0.2) is 0 Å². The number of methoxy groups -OCH3 is 1. The number of Topliss-reactive ketones (excluding diaryl/α,β-unsaturated/α-hetero) is 1. The second-order valence-corrected chi connectivity index (χ2v) is 3.56. The molecule has 88 valence electrons. The number of rotatable bonds is 7. The van der Waals surface area contributed by atoms with E-state index in [0.29, 0.717) is 17.9 Å². The normalized spacial score (nSPS) is 10.1. The molecule has 0 aliphatic rings. The van der Waals surface area contributed by atoms with Crippen LogP contribution < -0.4 is 4.74 Å². The first-order valence-corrected chi connectivity index (χ1v) is 5.53. The van der Waals surface area contributed by atoms with Crippen molar-refractivity contribution in [3.8, 4) is 5.75 Å². The summed E-state index contributed by atoms with van der Waals surface area (Å²) in [5.74, 6) is 0.689. The van der Waals surface area contributed by atoms with E-state index in [2.05, 4.69) is 6.92 Å². The van der Waals surface area contributed by atoms with Crippen molar-refractivity contribution >= 4 is 5.78 Å². The predicted molar refractivity (Wildman–Crippen MR) is 63.1 cm³/mol. The molecule has 0 aliphatic carbocycles. The summed E-state index contributed by atoms with van der Waals surface area (Å²) in [5.41, 5.74) is 0.635. The van der Waals surface area contributed by atoms with Gasteiger partial charge >= 0.3 is 0 Å². The summed E-state index contributed by atoms with van der Waals surface area (Å²) in [6.07, 6.45) is 2.07. The van der Waals surface area contributed by atoms with Crippen LogP contribution in [-0.2, 0) is 4.74 Å². The lowest BCUT2D eigenvalue weighted by atomic mass is 10.1. The predicted octanol–water partition coefficient (Wildman–Crippen LogP) is 2.69. The highest BCUT2D eigenvalue weighted by atomic mass is 16.5. The van der Waals surface area contributed by atoms with Gasteiger partial charge in [-0.2, -0.15) is 0 Å². The molecule has 0 N–H and O–H groups in total. The van der Waals surface area contributed by atoms with Gasteiger partial charge in [0.15, 0.2) is 5.78 Å². The second-order valence-electron chi connectivity index (χ2n) is 3.56. The van der Waals surface area contributed by atoms with Crippen LogP contribution in [0.1, 0.15) is 30.1 Å². The lowest BCUT2D eigenvalue weighted by Gasteiger charge is -2.04. The lowest BCUT2D eigenvalue weighted by Crippen LogP contribution is -2.09. The Balaban J connectivity index is 2.46. The molecule has 0 atom stereocenters. The minimum atomic E-state index is -0.00463. The Morgan fingerprint density at radius 1 is 1.38 bits per heavy atom. The molecule has 1 rings (SSSR count). The van der Waals surface area contributed by atoms with Gasteiger partial charge in [0, 0.05) is 12.2 Å². The van der Waals surface area contributed by atoms with Crippen molar-refractivity contribution < 1.29 is 14.3 Å².